The molecule has 0 radical (unpaired) electrons. The molecule has 4 heteroatoms. The molecule has 118 valence electrons. The third-order valence-corrected chi connectivity index (χ3v) is 4.68. The molecule has 1 aromatic carbocycles. The number of rotatable bonds is 5. The van der Waals surface area contributed by atoms with Gasteiger partial charge in [0.1, 0.15) is 0 Å². The molecule has 1 aliphatic rings. The van der Waals surface area contributed by atoms with E-state index in [9.17, 15) is 0 Å². The first-order valence-electron chi connectivity index (χ1n) is 7.95. The van der Waals surface area contributed by atoms with Crippen molar-refractivity contribution >= 4 is 0 Å². The minimum absolute atomic E-state index is 0.280. The monoisotopic (exact) mass is 290 g/mol. The van der Waals surface area contributed by atoms with Crippen molar-refractivity contribution in [3.8, 4) is 0 Å². The zero-order valence-corrected chi connectivity index (χ0v) is 13.8. The van der Waals surface area contributed by atoms with Gasteiger partial charge in [0, 0.05) is 31.7 Å². The van der Waals surface area contributed by atoms with E-state index in [-0.39, 0.29) is 6.04 Å². The van der Waals surface area contributed by atoms with Crippen molar-refractivity contribution in [1.82, 2.24) is 15.2 Å². The Balaban J connectivity index is 2.04. The first kappa shape index (κ1) is 16.4. The molecule has 1 aliphatic heterocycles. The standard InChI is InChI=1S/C17H30N4/c1-13(2)15-7-5-14(6-8-15)11-16(19-18)17-12-20(3)9-10-21(17)4/h5-8,13,16-17,19H,9-12,18H2,1-4H3. The van der Waals surface area contributed by atoms with Gasteiger partial charge < -0.3 is 4.90 Å². The third kappa shape index (κ3) is 4.27. The van der Waals surface area contributed by atoms with Gasteiger partial charge in [-0.15, -0.1) is 0 Å². The first-order valence-corrected chi connectivity index (χ1v) is 7.95. The molecule has 2 rings (SSSR count). The molecule has 0 aliphatic carbocycles. The Hall–Kier alpha value is -0.940. The van der Waals surface area contributed by atoms with E-state index < -0.39 is 0 Å². The van der Waals surface area contributed by atoms with Crippen molar-refractivity contribution in [3.63, 3.8) is 0 Å². The summed E-state index contributed by atoms with van der Waals surface area (Å²) in [5.74, 6) is 6.43. The van der Waals surface area contributed by atoms with Crippen LogP contribution in [0.2, 0.25) is 0 Å². The van der Waals surface area contributed by atoms with E-state index in [0.29, 0.717) is 12.0 Å². The van der Waals surface area contributed by atoms with Crippen LogP contribution < -0.4 is 11.3 Å². The molecule has 1 saturated heterocycles. The van der Waals surface area contributed by atoms with Gasteiger partial charge >= 0.3 is 0 Å². The second-order valence-electron chi connectivity index (χ2n) is 6.68. The van der Waals surface area contributed by atoms with Crippen LogP contribution in [0.25, 0.3) is 0 Å². The van der Waals surface area contributed by atoms with E-state index in [2.05, 4.69) is 67.4 Å². The molecule has 2 atom stereocenters. The lowest BCUT2D eigenvalue weighted by molar-refractivity contribution is 0.0877. The zero-order valence-electron chi connectivity index (χ0n) is 13.8. The lowest BCUT2D eigenvalue weighted by atomic mass is 9.95. The summed E-state index contributed by atoms with van der Waals surface area (Å²) >= 11 is 0. The van der Waals surface area contributed by atoms with E-state index in [1.54, 1.807) is 0 Å². The van der Waals surface area contributed by atoms with Crippen molar-refractivity contribution in [3.05, 3.63) is 35.4 Å². The lowest BCUT2D eigenvalue weighted by Crippen LogP contribution is -2.60. The van der Waals surface area contributed by atoms with Crippen LogP contribution >= 0.6 is 0 Å². The fourth-order valence-electron chi connectivity index (χ4n) is 3.08. The topological polar surface area (TPSA) is 44.5 Å². The average molecular weight is 290 g/mol. The lowest BCUT2D eigenvalue weighted by Gasteiger charge is -2.41. The smallest absolute Gasteiger partial charge is 0.0418 e. The van der Waals surface area contributed by atoms with E-state index in [1.807, 2.05) is 0 Å². The van der Waals surface area contributed by atoms with Crippen LogP contribution in [0.4, 0.5) is 0 Å². The molecule has 4 nitrogen and oxygen atoms in total. The largest absolute Gasteiger partial charge is 0.303 e. The van der Waals surface area contributed by atoms with Crippen LogP contribution in [0.5, 0.6) is 0 Å². The number of hydrogen-bond acceptors (Lipinski definition) is 4. The highest BCUT2D eigenvalue weighted by Gasteiger charge is 2.29. The second kappa shape index (κ2) is 7.36. The van der Waals surface area contributed by atoms with Crippen molar-refractivity contribution in [1.29, 1.82) is 0 Å². The second-order valence-corrected chi connectivity index (χ2v) is 6.68. The number of benzene rings is 1. The van der Waals surface area contributed by atoms with Crippen molar-refractivity contribution in [2.45, 2.75) is 38.3 Å². The molecule has 1 aromatic rings. The Kier molecular flexibility index (Phi) is 5.76. The van der Waals surface area contributed by atoms with Crippen molar-refractivity contribution in [2.75, 3.05) is 33.7 Å². The summed E-state index contributed by atoms with van der Waals surface area (Å²) in [6.07, 6.45) is 0.970. The van der Waals surface area contributed by atoms with Gasteiger partial charge in [-0.1, -0.05) is 38.1 Å². The number of nitrogens with one attached hydrogen (secondary N) is 1. The minimum Gasteiger partial charge on any atom is -0.303 e. The Morgan fingerprint density at radius 2 is 1.86 bits per heavy atom. The zero-order chi connectivity index (χ0) is 15.4. The molecule has 0 amide bonds. The molecule has 2 unspecified atom stereocenters. The van der Waals surface area contributed by atoms with Gasteiger partial charge in [-0.25, -0.2) is 0 Å². The van der Waals surface area contributed by atoms with Gasteiger partial charge in [0.25, 0.3) is 0 Å². The van der Waals surface area contributed by atoms with Crippen LogP contribution in [-0.4, -0.2) is 55.6 Å². The maximum atomic E-state index is 5.84. The predicted molar refractivity (Wildman–Crippen MR) is 89.3 cm³/mol. The molecular weight excluding hydrogens is 260 g/mol. The van der Waals surface area contributed by atoms with Crippen LogP contribution in [0.15, 0.2) is 24.3 Å². The molecule has 0 spiro atoms. The average Bonchev–Trinajstić information content (AvgIpc) is 2.48. The van der Waals surface area contributed by atoms with E-state index in [4.69, 9.17) is 5.84 Å². The first-order chi connectivity index (χ1) is 10.0. The minimum atomic E-state index is 0.280. The number of hydrogen-bond donors (Lipinski definition) is 2. The SMILES string of the molecule is CC(C)c1ccc(CC(NN)C2CN(C)CCN2C)cc1. The number of likely N-dealkylation sites (N-methyl/N-ethyl adjacent to an activating group) is 2. The summed E-state index contributed by atoms with van der Waals surface area (Å²) in [7, 11) is 4.38. The number of nitrogens with zero attached hydrogens (tertiary/aromatic N) is 2. The van der Waals surface area contributed by atoms with Crippen molar-refractivity contribution in [2.24, 2.45) is 5.84 Å². The molecule has 0 bridgehead atoms. The highest BCUT2D eigenvalue weighted by Crippen LogP contribution is 2.18. The highest BCUT2D eigenvalue weighted by molar-refractivity contribution is 5.25. The van der Waals surface area contributed by atoms with Crippen LogP contribution in [0.1, 0.15) is 30.9 Å². The van der Waals surface area contributed by atoms with Crippen LogP contribution in [0.3, 0.4) is 0 Å². The summed E-state index contributed by atoms with van der Waals surface area (Å²) < 4.78 is 0. The molecular formula is C17H30N4. The van der Waals surface area contributed by atoms with Gasteiger partial charge in [0.2, 0.25) is 0 Å². The van der Waals surface area contributed by atoms with E-state index in [1.165, 1.54) is 11.1 Å². The van der Waals surface area contributed by atoms with Crippen LogP contribution in [-0.2, 0) is 6.42 Å². The Labute approximate surface area is 129 Å². The summed E-state index contributed by atoms with van der Waals surface area (Å²) in [6, 6.07) is 9.70. The number of piperazine rings is 1. The summed E-state index contributed by atoms with van der Waals surface area (Å²) in [5, 5.41) is 0. The molecule has 3 N–H and O–H groups in total. The quantitative estimate of drug-likeness (QED) is 0.636. The highest BCUT2D eigenvalue weighted by atomic mass is 15.3. The molecule has 21 heavy (non-hydrogen) atoms. The maximum absolute atomic E-state index is 5.84. The number of nitrogens with two attached hydrogens (primary N) is 1. The van der Waals surface area contributed by atoms with Gasteiger partial charge in [0.05, 0.1) is 0 Å². The molecule has 0 saturated carbocycles. The fraction of sp³-hybridized carbons (Fsp3) is 0.647. The summed E-state index contributed by atoms with van der Waals surface area (Å²) in [6.45, 7) is 7.76. The Bertz CT molecular complexity index is 429. The predicted octanol–water partition coefficient (Wildman–Crippen LogP) is 1.43. The summed E-state index contributed by atoms with van der Waals surface area (Å²) in [5.41, 5.74) is 5.79. The van der Waals surface area contributed by atoms with E-state index >= 15 is 0 Å². The summed E-state index contributed by atoms with van der Waals surface area (Å²) in [4.78, 5) is 4.81. The molecule has 1 fully saturated rings. The Morgan fingerprint density at radius 1 is 1.19 bits per heavy atom. The maximum Gasteiger partial charge on any atom is 0.0418 e. The van der Waals surface area contributed by atoms with Gasteiger partial charge in [-0.05, 0) is 37.6 Å². The molecule has 1 heterocycles. The van der Waals surface area contributed by atoms with Gasteiger partial charge in [-0.3, -0.25) is 16.2 Å². The normalized spacial score (nSPS) is 22.7. The fourth-order valence-corrected chi connectivity index (χ4v) is 3.08. The van der Waals surface area contributed by atoms with E-state index in [0.717, 1.165) is 26.1 Å². The van der Waals surface area contributed by atoms with Crippen molar-refractivity contribution < 1.29 is 0 Å². The van der Waals surface area contributed by atoms with Gasteiger partial charge in [-0.2, -0.15) is 0 Å². The molecule has 0 aromatic heterocycles. The van der Waals surface area contributed by atoms with Gasteiger partial charge in [0.15, 0.2) is 0 Å². The van der Waals surface area contributed by atoms with Crippen LogP contribution in [0, 0.1) is 0 Å². The Morgan fingerprint density at radius 3 is 2.43 bits per heavy atom. The number of hydrazine groups is 1. The third-order valence-electron chi connectivity index (χ3n) is 4.68.